The second kappa shape index (κ2) is 9.59. The Labute approximate surface area is 173 Å². The van der Waals surface area contributed by atoms with Crippen molar-refractivity contribution in [3.8, 4) is 5.75 Å². The fourth-order valence-corrected chi connectivity index (χ4v) is 3.79. The standard InChI is InChI=1S/C24H30N2O3/c1-17(2)29-22-15-13-20(14-16-22)25-23(27)18-9-11-19(12-10-18)24(28)26(3)21-7-5-4-6-8-21/h4-8,13-19H,9-12H2,1-3H3,(H,25,27). The van der Waals surface area contributed by atoms with Crippen LogP contribution in [0.4, 0.5) is 11.4 Å². The molecule has 29 heavy (non-hydrogen) atoms. The third-order valence-corrected chi connectivity index (χ3v) is 5.41. The topological polar surface area (TPSA) is 58.6 Å². The van der Waals surface area contributed by atoms with Crippen molar-refractivity contribution in [3.05, 3.63) is 54.6 Å². The first-order chi connectivity index (χ1) is 13.9. The van der Waals surface area contributed by atoms with E-state index in [-0.39, 0.29) is 29.8 Å². The SMILES string of the molecule is CC(C)Oc1ccc(NC(=O)C2CCC(C(=O)N(C)c3ccccc3)CC2)cc1. The van der Waals surface area contributed by atoms with Gasteiger partial charge < -0.3 is 15.0 Å². The van der Waals surface area contributed by atoms with Crippen molar-refractivity contribution < 1.29 is 14.3 Å². The highest BCUT2D eigenvalue weighted by molar-refractivity contribution is 5.95. The molecule has 154 valence electrons. The zero-order valence-corrected chi connectivity index (χ0v) is 17.4. The maximum Gasteiger partial charge on any atom is 0.229 e. The molecule has 5 heteroatoms. The highest BCUT2D eigenvalue weighted by Gasteiger charge is 2.31. The summed E-state index contributed by atoms with van der Waals surface area (Å²) >= 11 is 0. The molecule has 5 nitrogen and oxygen atoms in total. The lowest BCUT2D eigenvalue weighted by atomic mass is 9.81. The van der Waals surface area contributed by atoms with E-state index in [9.17, 15) is 9.59 Å². The quantitative estimate of drug-likeness (QED) is 0.759. The Morgan fingerprint density at radius 1 is 0.931 bits per heavy atom. The van der Waals surface area contributed by atoms with Crippen LogP contribution < -0.4 is 15.0 Å². The maximum atomic E-state index is 12.8. The summed E-state index contributed by atoms with van der Waals surface area (Å²) in [5, 5.41) is 3.00. The highest BCUT2D eigenvalue weighted by atomic mass is 16.5. The van der Waals surface area contributed by atoms with E-state index in [1.165, 1.54) is 0 Å². The van der Waals surface area contributed by atoms with Crippen molar-refractivity contribution in [1.29, 1.82) is 0 Å². The summed E-state index contributed by atoms with van der Waals surface area (Å²) in [5.74, 6) is 0.893. The first kappa shape index (κ1) is 20.9. The Kier molecular flexibility index (Phi) is 6.91. The summed E-state index contributed by atoms with van der Waals surface area (Å²) in [6.07, 6.45) is 3.08. The number of nitrogens with zero attached hydrogens (tertiary/aromatic N) is 1. The van der Waals surface area contributed by atoms with E-state index in [0.29, 0.717) is 0 Å². The minimum Gasteiger partial charge on any atom is -0.491 e. The normalized spacial score (nSPS) is 18.9. The first-order valence-electron chi connectivity index (χ1n) is 10.3. The number of amides is 2. The van der Waals surface area contributed by atoms with Crippen molar-refractivity contribution in [2.24, 2.45) is 11.8 Å². The van der Waals surface area contributed by atoms with Crippen LogP contribution in [0, 0.1) is 11.8 Å². The van der Waals surface area contributed by atoms with Gasteiger partial charge in [0.2, 0.25) is 11.8 Å². The number of hydrogen-bond donors (Lipinski definition) is 1. The molecule has 0 atom stereocenters. The third-order valence-electron chi connectivity index (χ3n) is 5.41. The van der Waals surface area contributed by atoms with Gasteiger partial charge in [-0.25, -0.2) is 0 Å². The summed E-state index contributed by atoms with van der Waals surface area (Å²) in [5.41, 5.74) is 1.68. The highest BCUT2D eigenvalue weighted by Crippen LogP contribution is 2.32. The Bertz CT molecular complexity index is 810. The van der Waals surface area contributed by atoms with E-state index < -0.39 is 0 Å². The zero-order chi connectivity index (χ0) is 20.8. The van der Waals surface area contributed by atoms with Crippen LogP contribution in [0.3, 0.4) is 0 Å². The molecule has 0 aliphatic heterocycles. The fourth-order valence-electron chi connectivity index (χ4n) is 3.79. The Hall–Kier alpha value is -2.82. The number of hydrogen-bond acceptors (Lipinski definition) is 3. The number of anilines is 2. The molecule has 0 bridgehead atoms. The van der Waals surface area contributed by atoms with Gasteiger partial charge in [0.15, 0.2) is 0 Å². The van der Waals surface area contributed by atoms with Gasteiger partial charge in [0.05, 0.1) is 6.10 Å². The molecule has 1 saturated carbocycles. The minimum atomic E-state index is -0.0485. The van der Waals surface area contributed by atoms with Gasteiger partial charge in [0.25, 0.3) is 0 Å². The largest absolute Gasteiger partial charge is 0.491 e. The molecular formula is C24H30N2O3. The lowest BCUT2D eigenvalue weighted by molar-refractivity contribution is -0.126. The monoisotopic (exact) mass is 394 g/mol. The Morgan fingerprint density at radius 2 is 1.52 bits per heavy atom. The van der Waals surface area contributed by atoms with Gasteiger partial charge in [0, 0.05) is 30.3 Å². The van der Waals surface area contributed by atoms with Gasteiger partial charge in [-0.15, -0.1) is 0 Å². The lowest BCUT2D eigenvalue weighted by Crippen LogP contribution is -2.36. The molecule has 2 amide bonds. The smallest absolute Gasteiger partial charge is 0.229 e. The van der Waals surface area contributed by atoms with E-state index in [1.807, 2.05) is 75.5 Å². The van der Waals surface area contributed by atoms with Crippen LogP contribution in [0.1, 0.15) is 39.5 Å². The minimum absolute atomic E-state index is 0.0169. The first-order valence-corrected chi connectivity index (χ1v) is 10.3. The molecular weight excluding hydrogens is 364 g/mol. The van der Waals surface area contributed by atoms with Gasteiger partial charge in [-0.1, -0.05) is 18.2 Å². The molecule has 0 heterocycles. The number of nitrogens with one attached hydrogen (secondary N) is 1. The number of carbonyl (C=O) groups excluding carboxylic acids is 2. The predicted octanol–water partition coefficient (Wildman–Crippen LogP) is 4.88. The van der Waals surface area contributed by atoms with E-state index in [1.54, 1.807) is 4.90 Å². The van der Waals surface area contributed by atoms with Gasteiger partial charge in [0.1, 0.15) is 5.75 Å². The number of ether oxygens (including phenoxy) is 1. The van der Waals surface area contributed by atoms with Crippen molar-refractivity contribution in [2.45, 2.75) is 45.6 Å². The van der Waals surface area contributed by atoms with Gasteiger partial charge in [-0.3, -0.25) is 9.59 Å². The molecule has 2 aromatic carbocycles. The van der Waals surface area contributed by atoms with Gasteiger partial charge >= 0.3 is 0 Å². The average Bonchev–Trinajstić information content (AvgIpc) is 2.74. The Balaban J connectivity index is 1.49. The molecule has 1 N–H and O–H groups in total. The van der Waals surface area contributed by atoms with E-state index in [0.717, 1.165) is 42.8 Å². The lowest BCUT2D eigenvalue weighted by Gasteiger charge is -2.30. The van der Waals surface area contributed by atoms with Crippen LogP contribution >= 0.6 is 0 Å². The molecule has 0 saturated heterocycles. The van der Waals surface area contributed by atoms with Gasteiger partial charge in [-0.2, -0.15) is 0 Å². The molecule has 0 spiro atoms. The average molecular weight is 395 g/mol. The second-order valence-corrected chi connectivity index (χ2v) is 7.96. The summed E-state index contributed by atoms with van der Waals surface area (Å²) in [4.78, 5) is 27.1. The zero-order valence-electron chi connectivity index (χ0n) is 17.4. The third kappa shape index (κ3) is 5.59. The molecule has 1 aliphatic rings. The van der Waals surface area contributed by atoms with Crippen LogP contribution in [-0.4, -0.2) is 25.0 Å². The molecule has 0 aromatic heterocycles. The number of carbonyl (C=O) groups is 2. The molecule has 3 rings (SSSR count). The summed E-state index contributed by atoms with van der Waals surface area (Å²) in [6, 6.07) is 17.1. The van der Waals surface area contributed by atoms with Crippen molar-refractivity contribution in [2.75, 3.05) is 17.3 Å². The van der Waals surface area contributed by atoms with Crippen molar-refractivity contribution >= 4 is 23.2 Å². The molecule has 2 aromatic rings. The predicted molar refractivity (Wildman–Crippen MR) is 116 cm³/mol. The van der Waals surface area contributed by atoms with Crippen molar-refractivity contribution in [1.82, 2.24) is 0 Å². The fraction of sp³-hybridized carbons (Fsp3) is 0.417. The van der Waals surface area contributed by atoms with E-state index in [2.05, 4.69) is 5.32 Å². The molecule has 1 aliphatic carbocycles. The van der Waals surface area contributed by atoms with Crippen LogP contribution in [0.5, 0.6) is 5.75 Å². The molecule has 1 fully saturated rings. The summed E-state index contributed by atoms with van der Waals surface area (Å²) in [7, 11) is 1.82. The number of rotatable bonds is 6. The number of benzene rings is 2. The van der Waals surface area contributed by atoms with Crippen LogP contribution in [0.2, 0.25) is 0 Å². The summed E-state index contributed by atoms with van der Waals surface area (Å²) < 4.78 is 5.63. The maximum absolute atomic E-state index is 12.8. The van der Waals surface area contributed by atoms with E-state index >= 15 is 0 Å². The number of para-hydroxylation sites is 1. The van der Waals surface area contributed by atoms with Crippen molar-refractivity contribution in [3.63, 3.8) is 0 Å². The molecule has 0 unspecified atom stereocenters. The van der Waals surface area contributed by atoms with E-state index in [4.69, 9.17) is 4.74 Å². The second-order valence-electron chi connectivity index (χ2n) is 7.96. The van der Waals surface area contributed by atoms with Crippen LogP contribution in [0.25, 0.3) is 0 Å². The van der Waals surface area contributed by atoms with Gasteiger partial charge in [-0.05, 0) is 75.9 Å². The van der Waals surface area contributed by atoms with Crippen LogP contribution in [-0.2, 0) is 9.59 Å². The van der Waals surface area contributed by atoms with Crippen LogP contribution in [0.15, 0.2) is 54.6 Å². The summed E-state index contributed by atoms with van der Waals surface area (Å²) in [6.45, 7) is 3.96. The Morgan fingerprint density at radius 3 is 2.10 bits per heavy atom. The molecule has 0 radical (unpaired) electrons.